The quantitative estimate of drug-likeness (QED) is 0.0606. The van der Waals surface area contributed by atoms with Gasteiger partial charge in [-0.1, -0.05) is 57.6 Å². The first-order chi connectivity index (χ1) is 18.5. The average molecular weight is 535 g/mol. The average Bonchev–Trinajstić information content (AvgIpc) is 3.28. The molecule has 1 aliphatic heterocycles. The molecule has 1 unspecified atom stereocenters. The van der Waals surface area contributed by atoms with Crippen LogP contribution in [-0.4, -0.2) is 45.2 Å². The van der Waals surface area contributed by atoms with Gasteiger partial charge in [-0.05, 0) is 64.4 Å². The lowest BCUT2D eigenvalue weighted by atomic mass is 9.86. The van der Waals surface area contributed by atoms with Gasteiger partial charge in [0.2, 0.25) is 5.76 Å². The Morgan fingerprint density at radius 3 is 2.42 bits per heavy atom. The van der Waals surface area contributed by atoms with Gasteiger partial charge < -0.3 is 23.7 Å². The molecule has 0 bridgehead atoms. The lowest BCUT2D eigenvalue weighted by molar-refractivity contribution is -0.163. The fourth-order valence-corrected chi connectivity index (χ4v) is 5.31. The second-order valence-electron chi connectivity index (χ2n) is 10.1. The SMILES string of the molecule is CCCCCCCC[C@H]1CC(C(=O)OCC)=C(OC)[C@@H]1CCC=CC=C(OC1CCCCO1)C(=O)OCC. The summed E-state index contributed by atoms with van der Waals surface area (Å²) >= 11 is 0. The minimum atomic E-state index is -0.482. The second kappa shape index (κ2) is 18.9. The molecular formula is C31H50O7. The molecule has 0 spiro atoms. The summed E-state index contributed by atoms with van der Waals surface area (Å²) in [5, 5.41) is 0. The Morgan fingerprint density at radius 1 is 0.974 bits per heavy atom. The maximum absolute atomic E-state index is 12.6. The highest BCUT2D eigenvalue weighted by molar-refractivity contribution is 5.89. The molecule has 0 amide bonds. The van der Waals surface area contributed by atoms with Crippen molar-refractivity contribution in [3.8, 4) is 0 Å². The highest BCUT2D eigenvalue weighted by atomic mass is 16.7. The first kappa shape index (κ1) is 31.9. The van der Waals surface area contributed by atoms with Crippen LogP contribution in [0.15, 0.2) is 35.3 Å². The van der Waals surface area contributed by atoms with Crippen LogP contribution < -0.4 is 0 Å². The first-order valence-electron chi connectivity index (χ1n) is 14.8. The topological polar surface area (TPSA) is 80.3 Å². The van der Waals surface area contributed by atoms with Crippen LogP contribution in [0.3, 0.4) is 0 Å². The van der Waals surface area contributed by atoms with E-state index in [0.29, 0.717) is 31.1 Å². The maximum atomic E-state index is 12.6. The molecule has 38 heavy (non-hydrogen) atoms. The second-order valence-corrected chi connectivity index (χ2v) is 10.1. The number of carbonyl (C=O) groups is 2. The monoisotopic (exact) mass is 534 g/mol. The van der Waals surface area contributed by atoms with Crippen molar-refractivity contribution in [1.82, 2.24) is 0 Å². The van der Waals surface area contributed by atoms with Gasteiger partial charge in [0.1, 0.15) is 5.76 Å². The van der Waals surface area contributed by atoms with Gasteiger partial charge in [0.25, 0.3) is 0 Å². The van der Waals surface area contributed by atoms with E-state index in [2.05, 4.69) is 6.92 Å². The van der Waals surface area contributed by atoms with Gasteiger partial charge in [-0.2, -0.15) is 0 Å². The predicted molar refractivity (Wildman–Crippen MR) is 148 cm³/mol. The molecule has 0 aromatic heterocycles. The molecular weight excluding hydrogens is 484 g/mol. The highest BCUT2D eigenvalue weighted by Crippen LogP contribution is 2.43. The lowest BCUT2D eigenvalue weighted by Crippen LogP contribution is -2.24. The standard InChI is InChI=1S/C31H50O7/c1-5-8-9-10-11-13-18-24-23-26(30(32)35-6-2)29(34-4)25(24)19-14-12-15-20-27(31(33)36-7-3)38-28-21-16-17-22-37-28/h12,15,20,24-25,28H,5-11,13-14,16-19,21-23H2,1-4H3/t24-,25+,28?/m0/s1. The van der Waals surface area contributed by atoms with E-state index in [-0.39, 0.29) is 24.3 Å². The van der Waals surface area contributed by atoms with Crippen LogP contribution >= 0.6 is 0 Å². The Morgan fingerprint density at radius 2 is 1.74 bits per heavy atom. The highest BCUT2D eigenvalue weighted by Gasteiger charge is 2.38. The summed E-state index contributed by atoms with van der Waals surface area (Å²) in [4.78, 5) is 25.0. The minimum Gasteiger partial charge on any atom is -0.500 e. The first-order valence-corrected chi connectivity index (χ1v) is 14.8. The van der Waals surface area contributed by atoms with E-state index in [0.717, 1.165) is 44.3 Å². The normalized spacial score (nSPS) is 22.1. The van der Waals surface area contributed by atoms with E-state index in [1.54, 1.807) is 20.1 Å². The summed E-state index contributed by atoms with van der Waals surface area (Å²) < 4.78 is 27.7. The van der Waals surface area contributed by atoms with Gasteiger partial charge in [-0.3, -0.25) is 0 Å². The molecule has 2 rings (SSSR count). The summed E-state index contributed by atoms with van der Waals surface area (Å²) in [6.45, 7) is 7.12. The van der Waals surface area contributed by atoms with Gasteiger partial charge in [0.05, 0.1) is 32.5 Å². The number of rotatable bonds is 18. The van der Waals surface area contributed by atoms with Gasteiger partial charge >= 0.3 is 11.9 Å². The number of esters is 2. The molecule has 216 valence electrons. The molecule has 0 saturated carbocycles. The molecule has 7 nitrogen and oxygen atoms in total. The Labute approximate surface area is 229 Å². The molecule has 1 fully saturated rings. The van der Waals surface area contributed by atoms with Crippen molar-refractivity contribution in [3.05, 3.63) is 35.3 Å². The molecule has 1 saturated heterocycles. The van der Waals surface area contributed by atoms with Gasteiger partial charge in [0, 0.05) is 12.3 Å². The van der Waals surface area contributed by atoms with Crippen LogP contribution in [-0.2, 0) is 33.3 Å². The molecule has 2 aliphatic rings. The molecule has 1 heterocycles. The number of allylic oxidation sites excluding steroid dienone is 4. The van der Waals surface area contributed by atoms with E-state index in [4.69, 9.17) is 23.7 Å². The summed E-state index contributed by atoms with van der Waals surface area (Å²) in [6.07, 6.45) is 18.9. The van der Waals surface area contributed by atoms with Crippen molar-refractivity contribution in [1.29, 1.82) is 0 Å². The van der Waals surface area contributed by atoms with Crippen LogP contribution in [0, 0.1) is 11.8 Å². The molecule has 0 aromatic rings. The number of methoxy groups -OCH3 is 1. The minimum absolute atomic E-state index is 0.166. The van der Waals surface area contributed by atoms with Crippen LogP contribution in [0.25, 0.3) is 0 Å². The maximum Gasteiger partial charge on any atom is 0.373 e. The zero-order chi connectivity index (χ0) is 27.6. The zero-order valence-corrected chi connectivity index (χ0v) is 24.1. The van der Waals surface area contributed by atoms with Gasteiger partial charge in [-0.25, -0.2) is 9.59 Å². The van der Waals surface area contributed by atoms with Crippen molar-refractivity contribution in [2.75, 3.05) is 26.9 Å². The third kappa shape index (κ3) is 10.8. The van der Waals surface area contributed by atoms with Crippen molar-refractivity contribution >= 4 is 11.9 Å². The summed E-state index contributed by atoms with van der Waals surface area (Å²) in [5.74, 6) is 0.776. The molecule has 0 radical (unpaired) electrons. The van der Waals surface area contributed by atoms with Crippen LogP contribution in [0.4, 0.5) is 0 Å². The summed E-state index contributed by atoms with van der Waals surface area (Å²) in [5.41, 5.74) is 0.699. The van der Waals surface area contributed by atoms with Crippen molar-refractivity contribution in [3.63, 3.8) is 0 Å². The number of carbonyl (C=O) groups excluding carboxylic acids is 2. The lowest BCUT2D eigenvalue weighted by Gasteiger charge is -2.23. The van der Waals surface area contributed by atoms with Crippen LogP contribution in [0.5, 0.6) is 0 Å². The summed E-state index contributed by atoms with van der Waals surface area (Å²) in [7, 11) is 1.66. The Balaban J connectivity index is 2.02. The van der Waals surface area contributed by atoms with Crippen molar-refractivity contribution in [2.24, 2.45) is 11.8 Å². The fraction of sp³-hybridized carbons (Fsp3) is 0.742. The molecule has 3 atom stereocenters. The molecule has 1 aliphatic carbocycles. The van der Waals surface area contributed by atoms with Crippen molar-refractivity contribution in [2.45, 2.75) is 111 Å². The predicted octanol–water partition coefficient (Wildman–Crippen LogP) is 7.16. The van der Waals surface area contributed by atoms with Crippen LogP contribution in [0.2, 0.25) is 0 Å². The Bertz CT molecular complexity index is 792. The van der Waals surface area contributed by atoms with E-state index in [1.165, 1.54) is 38.5 Å². The van der Waals surface area contributed by atoms with Gasteiger partial charge in [0.15, 0.2) is 6.29 Å². The van der Waals surface area contributed by atoms with E-state index in [1.807, 2.05) is 19.1 Å². The molecule has 7 heteroatoms. The third-order valence-electron chi connectivity index (χ3n) is 7.24. The third-order valence-corrected chi connectivity index (χ3v) is 7.24. The number of hydrogen-bond acceptors (Lipinski definition) is 7. The molecule has 0 N–H and O–H groups in total. The smallest absolute Gasteiger partial charge is 0.373 e. The largest absolute Gasteiger partial charge is 0.500 e. The number of unbranched alkanes of at least 4 members (excludes halogenated alkanes) is 5. The zero-order valence-electron chi connectivity index (χ0n) is 24.1. The number of hydrogen-bond donors (Lipinski definition) is 0. The molecule has 0 aromatic carbocycles. The Hall–Kier alpha value is -2.28. The number of ether oxygens (including phenoxy) is 5. The van der Waals surface area contributed by atoms with E-state index in [9.17, 15) is 9.59 Å². The van der Waals surface area contributed by atoms with Crippen molar-refractivity contribution < 1.29 is 33.3 Å². The van der Waals surface area contributed by atoms with Crippen LogP contribution in [0.1, 0.15) is 104 Å². The Kier molecular flexibility index (Phi) is 15.9. The van der Waals surface area contributed by atoms with E-state index >= 15 is 0 Å². The van der Waals surface area contributed by atoms with Gasteiger partial charge in [-0.15, -0.1) is 0 Å². The van der Waals surface area contributed by atoms with E-state index < -0.39 is 12.3 Å². The summed E-state index contributed by atoms with van der Waals surface area (Å²) in [6, 6.07) is 0. The fourth-order valence-electron chi connectivity index (χ4n) is 5.31.